The van der Waals surface area contributed by atoms with Crippen molar-refractivity contribution in [3.8, 4) is 5.75 Å². The first-order valence-electron chi connectivity index (χ1n) is 8.34. The molecule has 0 aliphatic heterocycles. The van der Waals surface area contributed by atoms with E-state index in [1.54, 1.807) is 13.8 Å². The second-order valence-electron chi connectivity index (χ2n) is 6.28. The molecule has 10 heteroatoms. The number of hydrogen-bond donors (Lipinski definition) is 2. The van der Waals surface area contributed by atoms with Gasteiger partial charge in [0.05, 0.1) is 11.6 Å². The van der Waals surface area contributed by atoms with Crippen LogP contribution in [-0.4, -0.2) is 39.5 Å². The van der Waals surface area contributed by atoms with E-state index in [1.807, 2.05) is 0 Å². The summed E-state index contributed by atoms with van der Waals surface area (Å²) in [6.45, 7) is 2.96. The lowest BCUT2D eigenvalue weighted by Gasteiger charge is -2.14. The first-order chi connectivity index (χ1) is 13.0. The van der Waals surface area contributed by atoms with Gasteiger partial charge in [-0.2, -0.15) is 18.3 Å². The Morgan fingerprint density at radius 3 is 2.39 bits per heavy atom. The Bertz CT molecular complexity index is 860. The Morgan fingerprint density at radius 2 is 1.86 bits per heavy atom. The molecule has 28 heavy (non-hydrogen) atoms. The van der Waals surface area contributed by atoms with E-state index in [0.29, 0.717) is 22.7 Å². The summed E-state index contributed by atoms with van der Waals surface area (Å²) in [5.74, 6) is -1.90. The van der Waals surface area contributed by atoms with Gasteiger partial charge in [-0.1, -0.05) is 0 Å². The van der Waals surface area contributed by atoms with Crippen molar-refractivity contribution in [3.05, 3.63) is 41.2 Å². The van der Waals surface area contributed by atoms with Crippen molar-refractivity contribution in [2.45, 2.75) is 39.4 Å². The van der Waals surface area contributed by atoms with Gasteiger partial charge in [0.25, 0.3) is 0 Å². The zero-order chi connectivity index (χ0) is 21.1. The molecule has 0 fully saturated rings. The molecule has 152 valence electrons. The molecule has 1 heterocycles. The van der Waals surface area contributed by atoms with Crippen molar-refractivity contribution < 1.29 is 32.6 Å². The van der Waals surface area contributed by atoms with Gasteiger partial charge >= 0.3 is 12.1 Å². The number of carboxylic acids is 1. The average Bonchev–Trinajstić information content (AvgIpc) is 2.85. The fourth-order valence-electron chi connectivity index (χ4n) is 2.82. The highest BCUT2D eigenvalue weighted by Crippen LogP contribution is 2.27. The van der Waals surface area contributed by atoms with Crippen LogP contribution in [0.1, 0.15) is 29.8 Å². The Kier molecular flexibility index (Phi) is 6.32. The van der Waals surface area contributed by atoms with Gasteiger partial charge in [0.15, 0.2) is 6.61 Å². The largest absolute Gasteiger partial charge is 0.482 e. The summed E-state index contributed by atoms with van der Waals surface area (Å²) in [6, 6.07) is 6.07. The van der Waals surface area contributed by atoms with Crippen LogP contribution in [0.2, 0.25) is 0 Å². The van der Waals surface area contributed by atoms with E-state index >= 15 is 0 Å². The molecule has 1 aromatic heterocycles. The number of amides is 1. The topological polar surface area (TPSA) is 93.5 Å². The fourth-order valence-corrected chi connectivity index (χ4v) is 2.82. The number of aryl methyl sites for hydroxylation is 1. The number of aliphatic carboxylic acids is 1. The molecule has 0 saturated heterocycles. The molecule has 0 radical (unpaired) electrons. The number of carbonyl (C=O) groups excluding carboxylic acids is 1. The molecule has 2 aromatic rings. The van der Waals surface area contributed by atoms with Crippen LogP contribution in [0.15, 0.2) is 24.3 Å². The maximum Gasteiger partial charge on any atom is 0.408 e. The summed E-state index contributed by atoms with van der Waals surface area (Å²) < 4.78 is 43.8. The lowest BCUT2D eigenvalue weighted by atomic mass is 9.98. The van der Waals surface area contributed by atoms with Gasteiger partial charge in [-0.3, -0.25) is 9.48 Å². The summed E-state index contributed by atoms with van der Waals surface area (Å²) in [5, 5.41) is 15.2. The Balaban J connectivity index is 2.09. The van der Waals surface area contributed by atoms with Crippen molar-refractivity contribution in [2.24, 2.45) is 0 Å². The molecule has 0 saturated carbocycles. The van der Waals surface area contributed by atoms with Gasteiger partial charge in [-0.15, -0.1) is 0 Å². The minimum atomic E-state index is -4.41. The first kappa shape index (κ1) is 21.3. The molecule has 7 nitrogen and oxygen atoms in total. The van der Waals surface area contributed by atoms with Crippen LogP contribution in [0.5, 0.6) is 5.75 Å². The van der Waals surface area contributed by atoms with Crippen molar-refractivity contribution >= 4 is 17.6 Å². The van der Waals surface area contributed by atoms with E-state index in [0.717, 1.165) is 4.68 Å². The molecule has 0 bridgehead atoms. The Hall–Kier alpha value is -3.04. The number of ether oxygens (including phenoxy) is 1. The van der Waals surface area contributed by atoms with Crippen LogP contribution in [0.4, 0.5) is 18.9 Å². The number of benzene rings is 1. The van der Waals surface area contributed by atoms with Gasteiger partial charge in [-0.05, 0) is 45.0 Å². The van der Waals surface area contributed by atoms with E-state index < -0.39 is 37.1 Å². The first-order valence-corrected chi connectivity index (χ1v) is 8.34. The van der Waals surface area contributed by atoms with Crippen LogP contribution < -0.4 is 10.1 Å². The molecule has 2 N–H and O–H groups in total. The van der Waals surface area contributed by atoms with Crippen LogP contribution in [0.25, 0.3) is 0 Å². The lowest BCUT2D eigenvalue weighted by molar-refractivity contribution is -0.143. The third-order valence-corrected chi connectivity index (χ3v) is 4.08. The van der Waals surface area contributed by atoms with Gasteiger partial charge in [-0.25, -0.2) is 4.79 Å². The quantitative estimate of drug-likeness (QED) is 0.745. The van der Waals surface area contributed by atoms with E-state index in [-0.39, 0.29) is 5.69 Å². The SMILES string of the molecule is Cc1nn(CC(F)(F)F)c(C)c1C(C)C(=O)Nc1ccc(OCC(=O)O)cc1. The predicted octanol–water partition coefficient (Wildman–Crippen LogP) is 3.27. The molecule has 0 aliphatic rings. The van der Waals surface area contributed by atoms with Crippen molar-refractivity contribution in [3.63, 3.8) is 0 Å². The van der Waals surface area contributed by atoms with Crippen molar-refractivity contribution in [1.82, 2.24) is 9.78 Å². The summed E-state index contributed by atoms with van der Waals surface area (Å²) in [7, 11) is 0. The maximum atomic E-state index is 12.7. The van der Waals surface area contributed by atoms with Crippen LogP contribution >= 0.6 is 0 Å². The highest BCUT2D eigenvalue weighted by Gasteiger charge is 2.31. The zero-order valence-corrected chi connectivity index (χ0v) is 15.5. The van der Waals surface area contributed by atoms with Crippen LogP contribution in [-0.2, 0) is 16.1 Å². The molecule has 1 amide bonds. The van der Waals surface area contributed by atoms with Crippen LogP contribution in [0, 0.1) is 13.8 Å². The number of halogens is 3. The smallest absolute Gasteiger partial charge is 0.408 e. The molecule has 1 atom stereocenters. The summed E-state index contributed by atoms with van der Waals surface area (Å²) in [6.07, 6.45) is -4.41. The molecular formula is C18H20F3N3O4. The van der Waals surface area contributed by atoms with E-state index in [1.165, 1.54) is 31.2 Å². The second-order valence-corrected chi connectivity index (χ2v) is 6.28. The number of alkyl halides is 3. The highest BCUT2D eigenvalue weighted by atomic mass is 19.4. The Labute approximate surface area is 159 Å². The monoisotopic (exact) mass is 399 g/mol. The second kappa shape index (κ2) is 8.32. The normalized spacial score (nSPS) is 12.5. The van der Waals surface area contributed by atoms with Gasteiger partial charge in [0, 0.05) is 16.9 Å². The average molecular weight is 399 g/mol. The highest BCUT2D eigenvalue weighted by molar-refractivity contribution is 5.95. The van der Waals surface area contributed by atoms with Crippen molar-refractivity contribution in [1.29, 1.82) is 0 Å². The molecule has 0 aliphatic carbocycles. The number of nitrogens with zero attached hydrogens (tertiary/aromatic N) is 2. The number of carbonyl (C=O) groups is 2. The number of rotatable bonds is 7. The molecule has 1 unspecified atom stereocenters. The van der Waals surface area contributed by atoms with Crippen LogP contribution in [0.3, 0.4) is 0 Å². The summed E-state index contributed by atoms with van der Waals surface area (Å²) in [5.41, 5.74) is 1.54. The number of hydrogen-bond acceptors (Lipinski definition) is 4. The third kappa shape index (κ3) is 5.48. The third-order valence-electron chi connectivity index (χ3n) is 4.08. The predicted molar refractivity (Wildman–Crippen MR) is 94.4 cm³/mol. The lowest BCUT2D eigenvalue weighted by Crippen LogP contribution is -2.21. The minimum Gasteiger partial charge on any atom is -0.482 e. The van der Waals surface area contributed by atoms with E-state index in [4.69, 9.17) is 9.84 Å². The number of carboxylic acid groups (broad SMARTS) is 1. The standard InChI is InChI=1S/C18H20F3N3O4/c1-10(16-11(2)23-24(12(16)3)9-18(19,20)21)17(27)22-13-4-6-14(7-5-13)28-8-15(25)26/h4-7,10H,8-9H2,1-3H3,(H,22,27)(H,25,26). The molecule has 2 rings (SSSR count). The maximum absolute atomic E-state index is 12.7. The number of anilines is 1. The van der Waals surface area contributed by atoms with Gasteiger partial charge in [0.1, 0.15) is 12.3 Å². The van der Waals surface area contributed by atoms with E-state index in [9.17, 15) is 22.8 Å². The van der Waals surface area contributed by atoms with Gasteiger partial charge < -0.3 is 15.2 Å². The van der Waals surface area contributed by atoms with Crippen molar-refractivity contribution in [2.75, 3.05) is 11.9 Å². The fraction of sp³-hybridized carbons (Fsp3) is 0.389. The number of nitrogens with one attached hydrogen (secondary N) is 1. The molecule has 1 aromatic carbocycles. The minimum absolute atomic E-state index is 0.287. The molecular weight excluding hydrogens is 379 g/mol. The summed E-state index contributed by atoms with van der Waals surface area (Å²) >= 11 is 0. The Morgan fingerprint density at radius 1 is 1.25 bits per heavy atom. The van der Waals surface area contributed by atoms with Gasteiger partial charge in [0.2, 0.25) is 5.91 Å². The number of aromatic nitrogens is 2. The summed E-state index contributed by atoms with van der Waals surface area (Å²) in [4.78, 5) is 23.0. The van der Waals surface area contributed by atoms with E-state index in [2.05, 4.69) is 10.4 Å². The molecule has 0 spiro atoms. The zero-order valence-electron chi connectivity index (χ0n) is 15.5.